The van der Waals surface area contributed by atoms with Crippen LogP contribution >= 0.6 is 27.5 Å². The van der Waals surface area contributed by atoms with Crippen LogP contribution in [0.2, 0.25) is 5.02 Å². The lowest BCUT2D eigenvalue weighted by Crippen LogP contribution is -2.21. The smallest absolute Gasteiger partial charge is 0.169 e. The summed E-state index contributed by atoms with van der Waals surface area (Å²) in [7, 11) is 0. The van der Waals surface area contributed by atoms with E-state index in [2.05, 4.69) is 15.9 Å². The van der Waals surface area contributed by atoms with Gasteiger partial charge < -0.3 is 9.84 Å². The fourth-order valence-corrected chi connectivity index (χ4v) is 4.83. The van der Waals surface area contributed by atoms with Gasteiger partial charge in [0.1, 0.15) is 17.3 Å². The Morgan fingerprint density at radius 1 is 1.19 bits per heavy atom. The summed E-state index contributed by atoms with van der Waals surface area (Å²) in [5.74, 6) is 1.60. The maximum atomic E-state index is 12.9. The van der Waals surface area contributed by atoms with Crippen LogP contribution in [-0.2, 0) is 11.2 Å². The second kappa shape index (κ2) is 7.33. The molecule has 2 atom stereocenters. The molecule has 0 heterocycles. The van der Waals surface area contributed by atoms with Crippen molar-refractivity contribution in [2.75, 3.05) is 0 Å². The van der Waals surface area contributed by atoms with E-state index in [-0.39, 0.29) is 23.4 Å². The number of benzene rings is 2. The zero-order valence-corrected chi connectivity index (χ0v) is 17.3. The van der Waals surface area contributed by atoms with E-state index in [0.29, 0.717) is 22.1 Å². The number of rotatable bonds is 4. The molecule has 0 spiro atoms. The van der Waals surface area contributed by atoms with Gasteiger partial charge in [0.25, 0.3) is 0 Å². The summed E-state index contributed by atoms with van der Waals surface area (Å²) in [4.78, 5) is 12.9. The van der Waals surface area contributed by atoms with E-state index in [1.807, 2.05) is 31.2 Å². The summed E-state index contributed by atoms with van der Waals surface area (Å²) in [6.07, 6.45) is 3.30. The number of carbonyl (C=O) groups is 1. The number of aryl methyl sites for hydroxylation is 1. The van der Waals surface area contributed by atoms with Crippen LogP contribution in [-0.4, -0.2) is 10.9 Å². The molecule has 3 nitrogen and oxygen atoms in total. The van der Waals surface area contributed by atoms with Crippen molar-refractivity contribution in [3.63, 3.8) is 0 Å². The van der Waals surface area contributed by atoms with Crippen molar-refractivity contribution < 1.29 is 14.6 Å². The van der Waals surface area contributed by atoms with Gasteiger partial charge in [-0.05, 0) is 67.1 Å². The molecular formula is C22H20BrClO3. The van der Waals surface area contributed by atoms with Crippen LogP contribution in [0, 0.1) is 11.8 Å². The molecule has 2 aliphatic rings. The van der Waals surface area contributed by atoms with Gasteiger partial charge in [-0.3, -0.25) is 4.79 Å². The predicted molar refractivity (Wildman–Crippen MR) is 110 cm³/mol. The van der Waals surface area contributed by atoms with Crippen molar-refractivity contribution in [1.82, 2.24) is 0 Å². The molecule has 0 aromatic heterocycles. The molecule has 2 aromatic carbocycles. The van der Waals surface area contributed by atoms with Gasteiger partial charge in [0.15, 0.2) is 5.78 Å². The molecular weight excluding hydrogens is 428 g/mol. The van der Waals surface area contributed by atoms with E-state index in [1.165, 1.54) is 0 Å². The standard InChI is InChI=1S/C22H20BrClO3/c1-2-12-5-7-16(27-19-8-6-15(23)10-18(19)24)11-17(12)20-21(25)13-3-4-14(9-13)22(20)26/h5-8,10-11,13-14,25H,2-4,9H2,1H3/t13-,14-/m1/s1. The fourth-order valence-electron chi connectivity index (χ4n) is 4.12. The summed E-state index contributed by atoms with van der Waals surface area (Å²) < 4.78 is 6.84. The first kappa shape index (κ1) is 18.6. The van der Waals surface area contributed by atoms with Crippen LogP contribution in [0.15, 0.2) is 46.6 Å². The minimum absolute atomic E-state index is 0.0381. The number of carbonyl (C=O) groups excluding carboxylic acids is 1. The Morgan fingerprint density at radius 3 is 2.70 bits per heavy atom. The van der Waals surface area contributed by atoms with Crippen LogP contribution in [0.3, 0.4) is 0 Å². The van der Waals surface area contributed by atoms with E-state index >= 15 is 0 Å². The maximum Gasteiger partial charge on any atom is 0.169 e. The normalized spacial score (nSPS) is 21.7. The number of fused-ring (bicyclic) bond motifs is 2. The SMILES string of the molecule is CCc1ccc(Oc2ccc(Br)cc2Cl)cc1C1=C(O)[C@@H]2CC[C@H](C2)C1=O. The van der Waals surface area contributed by atoms with E-state index < -0.39 is 0 Å². The highest BCUT2D eigenvalue weighted by Gasteiger charge is 2.41. The number of ether oxygens (including phenoxy) is 1. The van der Waals surface area contributed by atoms with Gasteiger partial charge in [0, 0.05) is 16.3 Å². The second-order valence-electron chi connectivity index (χ2n) is 7.18. The van der Waals surface area contributed by atoms with Crippen LogP contribution in [0.1, 0.15) is 37.3 Å². The topological polar surface area (TPSA) is 46.5 Å². The quantitative estimate of drug-likeness (QED) is 0.565. The molecule has 1 fully saturated rings. The van der Waals surface area contributed by atoms with Crippen molar-refractivity contribution in [3.05, 3.63) is 62.8 Å². The molecule has 140 valence electrons. The lowest BCUT2D eigenvalue weighted by atomic mass is 9.81. The van der Waals surface area contributed by atoms with Gasteiger partial charge in [-0.2, -0.15) is 0 Å². The molecule has 4 rings (SSSR count). The number of halogens is 2. The molecule has 5 heteroatoms. The molecule has 0 saturated heterocycles. The van der Waals surface area contributed by atoms with Crippen LogP contribution < -0.4 is 4.74 Å². The summed E-state index contributed by atoms with van der Waals surface area (Å²) in [6.45, 7) is 2.05. The number of hydrogen-bond acceptors (Lipinski definition) is 3. The molecule has 1 saturated carbocycles. The Morgan fingerprint density at radius 2 is 1.96 bits per heavy atom. The minimum atomic E-state index is 0.0381. The Balaban J connectivity index is 1.76. The van der Waals surface area contributed by atoms with Crippen molar-refractivity contribution >= 4 is 38.9 Å². The summed E-state index contributed by atoms with van der Waals surface area (Å²) in [5.41, 5.74) is 2.29. The Hall–Kier alpha value is -1.78. The number of ketones is 1. The zero-order valence-electron chi connectivity index (χ0n) is 15.0. The third-order valence-corrected chi connectivity index (χ3v) is 6.33. The first-order valence-electron chi connectivity index (χ1n) is 9.21. The third-order valence-electron chi connectivity index (χ3n) is 5.55. The molecule has 0 radical (unpaired) electrons. The number of allylic oxidation sites excluding steroid dienone is 2. The van der Waals surface area contributed by atoms with Crippen molar-refractivity contribution in [1.29, 1.82) is 0 Å². The second-order valence-corrected chi connectivity index (χ2v) is 8.50. The lowest BCUT2D eigenvalue weighted by Gasteiger charge is -2.23. The van der Waals surface area contributed by atoms with Gasteiger partial charge in [0.05, 0.1) is 10.6 Å². The molecule has 0 amide bonds. The van der Waals surface area contributed by atoms with Crippen molar-refractivity contribution in [2.24, 2.45) is 11.8 Å². The molecule has 2 aliphatic carbocycles. The summed E-state index contributed by atoms with van der Waals surface area (Å²) in [6, 6.07) is 11.1. The number of aliphatic hydroxyl groups excluding tert-OH is 1. The fraction of sp³-hybridized carbons (Fsp3) is 0.318. The van der Waals surface area contributed by atoms with Gasteiger partial charge >= 0.3 is 0 Å². The molecule has 27 heavy (non-hydrogen) atoms. The summed E-state index contributed by atoms with van der Waals surface area (Å²) >= 11 is 9.64. The minimum Gasteiger partial charge on any atom is -0.511 e. The molecule has 1 N–H and O–H groups in total. The number of Topliss-reactive ketones (excluding diaryl/α,β-unsaturated/α-hetero) is 1. The van der Waals surface area contributed by atoms with E-state index in [4.69, 9.17) is 16.3 Å². The monoisotopic (exact) mass is 446 g/mol. The lowest BCUT2D eigenvalue weighted by molar-refractivity contribution is -0.117. The van der Waals surface area contributed by atoms with Gasteiger partial charge in [-0.25, -0.2) is 0 Å². The van der Waals surface area contributed by atoms with E-state index in [1.54, 1.807) is 12.1 Å². The van der Waals surface area contributed by atoms with Gasteiger partial charge in [-0.15, -0.1) is 0 Å². The highest BCUT2D eigenvalue weighted by atomic mass is 79.9. The highest BCUT2D eigenvalue weighted by Crippen LogP contribution is 2.46. The highest BCUT2D eigenvalue weighted by molar-refractivity contribution is 9.10. The average Bonchev–Trinajstić information content (AvgIpc) is 3.10. The predicted octanol–water partition coefficient (Wildman–Crippen LogP) is 6.73. The van der Waals surface area contributed by atoms with E-state index in [9.17, 15) is 9.90 Å². The Bertz CT molecular complexity index is 951. The van der Waals surface area contributed by atoms with Crippen LogP contribution in [0.5, 0.6) is 11.5 Å². The van der Waals surface area contributed by atoms with Crippen LogP contribution in [0.25, 0.3) is 5.57 Å². The van der Waals surface area contributed by atoms with Gasteiger partial charge in [-0.1, -0.05) is 40.5 Å². The van der Waals surface area contributed by atoms with E-state index in [0.717, 1.165) is 41.3 Å². The maximum absolute atomic E-state index is 12.9. The Labute approximate surface area is 172 Å². The first-order valence-corrected chi connectivity index (χ1v) is 10.4. The molecule has 2 aromatic rings. The van der Waals surface area contributed by atoms with Gasteiger partial charge in [0.2, 0.25) is 0 Å². The third kappa shape index (κ3) is 3.41. The first-order chi connectivity index (χ1) is 13.0. The van der Waals surface area contributed by atoms with Crippen molar-refractivity contribution in [3.8, 4) is 11.5 Å². The molecule has 2 bridgehead atoms. The Kier molecular flexibility index (Phi) is 5.04. The zero-order chi connectivity index (χ0) is 19.1. The van der Waals surface area contributed by atoms with Crippen LogP contribution in [0.4, 0.5) is 0 Å². The number of hydrogen-bond donors (Lipinski definition) is 1. The summed E-state index contributed by atoms with van der Waals surface area (Å²) in [5, 5.41) is 11.2. The number of aliphatic hydroxyl groups is 1. The average molecular weight is 448 g/mol. The largest absolute Gasteiger partial charge is 0.511 e. The molecule has 0 aliphatic heterocycles. The van der Waals surface area contributed by atoms with Crippen molar-refractivity contribution in [2.45, 2.75) is 32.6 Å². The molecule has 0 unspecified atom stereocenters.